The summed E-state index contributed by atoms with van der Waals surface area (Å²) >= 11 is 0. The van der Waals surface area contributed by atoms with Gasteiger partial charge in [0.1, 0.15) is 0 Å². The first kappa shape index (κ1) is 12.0. The quantitative estimate of drug-likeness (QED) is 0.740. The van der Waals surface area contributed by atoms with Gasteiger partial charge in [-0.05, 0) is 0 Å². The largest absolute Gasteiger partial charge is 0.241 e. The lowest BCUT2D eigenvalue weighted by Crippen LogP contribution is -2.08. The molecule has 0 bridgehead atoms. The summed E-state index contributed by atoms with van der Waals surface area (Å²) in [6.45, 7) is 2.01. The molecule has 3 aliphatic heterocycles. The molecule has 0 radical (unpaired) electrons. The summed E-state index contributed by atoms with van der Waals surface area (Å²) < 4.78 is 6.38. The summed E-state index contributed by atoms with van der Waals surface area (Å²) in [5.41, 5.74) is 3.38. The highest BCUT2D eigenvalue weighted by atomic mass is 15.2. The van der Waals surface area contributed by atoms with Gasteiger partial charge in [0.05, 0.1) is 36.8 Å². The first-order valence-corrected chi connectivity index (χ1v) is 6.85. The lowest BCUT2D eigenvalue weighted by Gasteiger charge is -2.02. The lowest BCUT2D eigenvalue weighted by atomic mass is 10.2. The minimum atomic E-state index is 0.670. The van der Waals surface area contributed by atoms with E-state index in [1.807, 2.05) is 37.3 Å². The smallest absolute Gasteiger partial charge is 0.222 e. The van der Waals surface area contributed by atoms with Gasteiger partial charge in [-0.15, -0.1) is 0 Å². The molecule has 0 amide bonds. The van der Waals surface area contributed by atoms with Crippen LogP contribution in [0.1, 0.15) is 0 Å². The monoisotopic (exact) mass is 279 g/mol. The zero-order chi connectivity index (χ0) is 14.1. The number of nitrogens with zero attached hydrogens (tertiary/aromatic N) is 6. The Morgan fingerprint density at radius 3 is 1.14 bits per heavy atom. The van der Waals surface area contributed by atoms with Gasteiger partial charge in [-0.3, -0.25) is 0 Å². The Morgan fingerprint density at radius 2 is 0.905 bits per heavy atom. The number of benzene rings is 1. The van der Waals surface area contributed by atoms with E-state index in [1.54, 1.807) is 0 Å². The molecule has 0 unspecified atom stereocenters. The van der Waals surface area contributed by atoms with Gasteiger partial charge >= 0.3 is 0 Å². The van der Waals surface area contributed by atoms with Crippen LogP contribution < -0.4 is 0 Å². The van der Waals surface area contributed by atoms with Crippen molar-refractivity contribution in [1.82, 2.24) is 0 Å². The maximum atomic E-state index is 4.25. The van der Waals surface area contributed by atoms with Crippen LogP contribution in [0.25, 0.3) is 0 Å². The van der Waals surface area contributed by atoms with Gasteiger partial charge in [0.15, 0.2) is 18.6 Å². The van der Waals surface area contributed by atoms with Crippen LogP contribution >= 0.6 is 0 Å². The average Bonchev–Trinajstić information content (AvgIpc) is 3.29. The lowest BCUT2D eigenvalue weighted by molar-refractivity contribution is -0.444. The second-order valence-corrected chi connectivity index (χ2v) is 4.98. The van der Waals surface area contributed by atoms with Gasteiger partial charge < -0.3 is 0 Å². The first-order chi connectivity index (χ1) is 10.4. The Bertz CT molecular complexity index is 662. The Labute approximate surface area is 122 Å². The molecule has 0 atom stereocenters. The van der Waals surface area contributed by atoms with E-state index in [-0.39, 0.29) is 0 Å². The predicted octanol–water partition coefficient (Wildman–Crippen LogP) is 0.957. The number of aliphatic imine (C=N–C) groups is 3. The molecule has 0 fully saturated rings. The van der Waals surface area contributed by atoms with Gasteiger partial charge in [-0.1, -0.05) is 0 Å². The van der Waals surface area contributed by atoms with Crippen molar-refractivity contribution < 1.29 is 13.7 Å². The zero-order valence-electron chi connectivity index (χ0n) is 11.5. The topological polar surface area (TPSA) is 46.1 Å². The molecule has 0 aliphatic carbocycles. The molecule has 0 saturated carbocycles. The molecule has 6 heteroatoms. The highest BCUT2D eigenvalue weighted by molar-refractivity contribution is 6.15. The molecule has 0 aromatic heterocycles. The summed E-state index contributed by atoms with van der Waals surface area (Å²) in [7, 11) is 0. The molecule has 3 heterocycles. The van der Waals surface area contributed by atoms with E-state index in [0.717, 1.165) is 17.1 Å². The second kappa shape index (κ2) is 4.97. The zero-order valence-corrected chi connectivity index (χ0v) is 11.5. The van der Waals surface area contributed by atoms with Crippen LogP contribution in [0, 0.1) is 0 Å². The summed E-state index contributed by atoms with van der Waals surface area (Å²) in [6.07, 6.45) is 11.5. The second-order valence-electron chi connectivity index (χ2n) is 4.98. The molecular formula is C15H15N6+3. The van der Waals surface area contributed by atoms with Crippen LogP contribution in [0.3, 0.4) is 0 Å². The van der Waals surface area contributed by atoms with Crippen LogP contribution in [0.4, 0.5) is 17.1 Å². The van der Waals surface area contributed by atoms with Crippen LogP contribution in [0.15, 0.2) is 33.2 Å². The fourth-order valence-electron chi connectivity index (χ4n) is 2.51. The van der Waals surface area contributed by atoms with E-state index in [1.165, 1.54) is 0 Å². The molecule has 0 spiro atoms. The maximum Gasteiger partial charge on any atom is 0.241 e. The Kier molecular flexibility index (Phi) is 2.85. The van der Waals surface area contributed by atoms with Crippen molar-refractivity contribution >= 4 is 54.3 Å². The maximum absolute atomic E-state index is 4.25. The van der Waals surface area contributed by atoms with E-state index in [2.05, 4.69) is 46.9 Å². The Morgan fingerprint density at radius 1 is 0.571 bits per heavy atom. The minimum Gasteiger partial charge on any atom is -0.222 e. The van der Waals surface area contributed by atoms with Gasteiger partial charge in [0.2, 0.25) is 37.1 Å². The molecule has 6 nitrogen and oxygen atoms in total. The van der Waals surface area contributed by atoms with Gasteiger partial charge in [-0.25, -0.2) is 15.0 Å². The standard InChI is InChI=1S/C15H15N6/c1-4-19(10-16-1)13-7-14(20-5-2-17-11-20)9-15(8-13)21-6-3-18-12-21/h1-9H,10-12H2/q+3. The number of rotatable bonds is 3. The molecule has 1 aromatic rings. The Hall–Kier alpha value is -2.76. The third-order valence-electron chi connectivity index (χ3n) is 3.64. The van der Waals surface area contributed by atoms with Crippen molar-refractivity contribution in [2.45, 2.75) is 0 Å². The van der Waals surface area contributed by atoms with Crippen LogP contribution in [-0.2, 0) is 0 Å². The molecule has 0 saturated heterocycles. The predicted molar refractivity (Wildman–Crippen MR) is 84.5 cm³/mol. The van der Waals surface area contributed by atoms with Crippen LogP contribution in [0.5, 0.6) is 0 Å². The molecule has 21 heavy (non-hydrogen) atoms. The summed E-state index contributed by atoms with van der Waals surface area (Å²) in [4.78, 5) is 12.7. The summed E-state index contributed by atoms with van der Waals surface area (Å²) in [5.74, 6) is 0. The molecular weight excluding hydrogens is 264 g/mol. The third kappa shape index (κ3) is 2.24. The molecule has 1 aromatic carbocycles. The van der Waals surface area contributed by atoms with E-state index < -0.39 is 0 Å². The number of hydrogen-bond donors (Lipinski definition) is 0. The highest BCUT2D eigenvalue weighted by Gasteiger charge is 2.24. The summed E-state index contributed by atoms with van der Waals surface area (Å²) in [5, 5.41) is 0. The third-order valence-corrected chi connectivity index (χ3v) is 3.64. The van der Waals surface area contributed by atoms with Gasteiger partial charge in [0, 0.05) is 0 Å². The van der Waals surface area contributed by atoms with E-state index >= 15 is 0 Å². The fourth-order valence-corrected chi connectivity index (χ4v) is 2.51. The van der Waals surface area contributed by atoms with E-state index in [4.69, 9.17) is 0 Å². The van der Waals surface area contributed by atoms with Crippen molar-refractivity contribution in [2.24, 2.45) is 15.0 Å². The van der Waals surface area contributed by atoms with Crippen molar-refractivity contribution in [1.29, 1.82) is 0 Å². The van der Waals surface area contributed by atoms with Crippen LogP contribution in [-0.4, -0.2) is 71.0 Å². The van der Waals surface area contributed by atoms with Gasteiger partial charge in [0.25, 0.3) is 0 Å². The van der Waals surface area contributed by atoms with Crippen molar-refractivity contribution in [2.75, 3.05) is 20.0 Å². The van der Waals surface area contributed by atoms with Crippen molar-refractivity contribution in [3.8, 4) is 0 Å². The number of hydrogen-bond acceptors (Lipinski definition) is 3. The van der Waals surface area contributed by atoms with E-state index in [9.17, 15) is 0 Å². The normalized spacial score (nSPS) is 19.1. The van der Waals surface area contributed by atoms with Gasteiger partial charge in [-0.2, -0.15) is 13.7 Å². The highest BCUT2D eigenvalue weighted by Crippen LogP contribution is 2.29. The molecule has 0 N–H and O–H groups in total. The molecule has 102 valence electrons. The fraction of sp³-hybridized carbons (Fsp3) is 0.200. The molecule has 4 rings (SSSR count). The van der Waals surface area contributed by atoms with E-state index in [0.29, 0.717) is 20.0 Å². The molecule has 3 aliphatic rings. The van der Waals surface area contributed by atoms with Crippen molar-refractivity contribution in [3.63, 3.8) is 0 Å². The van der Waals surface area contributed by atoms with Crippen molar-refractivity contribution in [3.05, 3.63) is 18.2 Å². The Balaban J connectivity index is 1.79. The minimum absolute atomic E-state index is 0.670. The average molecular weight is 279 g/mol. The SMILES string of the molecule is C1=NC[N+](c2cc([N+]3=CC=NC3)cc([N+]3=CC=NC3)c2)=C1. The summed E-state index contributed by atoms with van der Waals surface area (Å²) in [6, 6.07) is 6.49. The first-order valence-electron chi connectivity index (χ1n) is 6.85. The van der Waals surface area contributed by atoms with Crippen LogP contribution in [0.2, 0.25) is 0 Å².